The molecule has 1 aromatic carbocycles. The molecule has 0 spiro atoms. The zero-order valence-electron chi connectivity index (χ0n) is 7.20. The van der Waals surface area contributed by atoms with Gasteiger partial charge in [-0.25, -0.2) is 13.6 Å². The number of hydrogen-bond donors (Lipinski definition) is 1. The minimum atomic E-state index is -5.07. The maximum Gasteiger partial charge on any atom is 0.419 e. The largest absolute Gasteiger partial charge is 0.478 e. The van der Waals surface area contributed by atoms with Crippen molar-refractivity contribution in [2.24, 2.45) is 0 Å². The molecule has 0 aliphatic carbocycles. The molecule has 16 heavy (non-hydrogen) atoms. The molecule has 2 nitrogen and oxygen atoms in total. The van der Waals surface area contributed by atoms with Gasteiger partial charge in [0.15, 0.2) is 11.6 Å². The van der Waals surface area contributed by atoms with Crippen LogP contribution in [0.4, 0.5) is 22.0 Å². The Kier molecular flexibility index (Phi) is 3.41. The van der Waals surface area contributed by atoms with Gasteiger partial charge in [-0.05, 0) is 28.7 Å². The summed E-state index contributed by atoms with van der Waals surface area (Å²) in [6.07, 6.45) is -5.07. The fourth-order valence-electron chi connectivity index (χ4n) is 0.997. The quantitative estimate of drug-likeness (QED) is 0.479. The van der Waals surface area contributed by atoms with Crippen LogP contribution in [0.5, 0.6) is 0 Å². The Hall–Kier alpha value is -0.930. The predicted octanol–water partition coefficient (Wildman–Crippen LogP) is 3.29. The van der Waals surface area contributed by atoms with Crippen LogP contribution in [0.15, 0.2) is 6.07 Å². The van der Waals surface area contributed by atoms with E-state index in [1.165, 1.54) is 22.6 Å². The van der Waals surface area contributed by atoms with Gasteiger partial charge in [0.2, 0.25) is 0 Å². The molecule has 0 atom stereocenters. The summed E-state index contributed by atoms with van der Waals surface area (Å²) in [6, 6.07) is 0.252. The number of alkyl halides is 3. The highest BCUT2D eigenvalue weighted by Gasteiger charge is 2.37. The number of halogens is 6. The molecule has 0 amide bonds. The summed E-state index contributed by atoms with van der Waals surface area (Å²) in [7, 11) is 0. The van der Waals surface area contributed by atoms with E-state index in [-0.39, 0.29) is 6.07 Å². The zero-order valence-corrected chi connectivity index (χ0v) is 9.36. The smallest absolute Gasteiger partial charge is 0.419 e. The number of carboxylic acids is 1. The van der Waals surface area contributed by atoms with Crippen molar-refractivity contribution in [1.29, 1.82) is 0 Å². The number of benzene rings is 1. The van der Waals surface area contributed by atoms with Crippen molar-refractivity contribution < 1.29 is 31.9 Å². The van der Waals surface area contributed by atoms with Gasteiger partial charge in [-0.1, -0.05) is 0 Å². The molecule has 8 heteroatoms. The lowest BCUT2D eigenvalue weighted by Crippen LogP contribution is -2.14. The molecule has 0 aliphatic rings. The van der Waals surface area contributed by atoms with Gasteiger partial charge in [0.25, 0.3) is 0 Å². The summed E-state index contributed by atoms with van der Waals surface area (Å²) >= 11 is 1.20. The molecule has 0 aromatic heterocycles. The summed E-state index contributed by atoms with van der Waals surface area (Å²) in [5.74, 6) is -6.04. The average molecular weight is 352 g/mol. The van der Waals surface area contributed by atoms with Crippen molar-refractivity contribution in [3.8, 4) is 0 Å². The van der Waals surface area contributed by atoms with E-state index in [2.05, 4.69) is 0 Å². The monoisotopic (exact) mass is 352 g/mol. The van der Waals surface area contributed by atoms with Crippen molar-refractivity contribution in [2.45, 2.75) is 6.18 Å². The van der Waals surface area contributed by atoms with E-state index in [9.17, 15) is 26.7 Å². The van der Waals surface area contributed by atoms with E-state index in [1.54, 1.807) is 0 Å². The van der Waals surface area contributed by atoms with Crippen LogP contribution in [-0.2, 0) is 6.18 Å². The van der Waals surface area contributed by atoms with Crippen LogP contribution in [0.3, 0.4) is 0 Å². The van der Waals surface area contributed by atoms with Crippen molar-refractivity contribution in [3.63, 3.8) is 0 Å². The third-order valence-electron chi connectivity index (χ3n) is 1.68. The van der Waals surface area contributed by atoms with Crippen molar-refractivity contribution >= 4 is 28.6 Å². The molecular weight excluding hydrogens is 350 g/mol. The molecule has 0 aliphatic heterocycles. The maximum atomic E-state index is 13.0. The predicted molar refractivity (Wildman–Crippen MR) is 51.0 cm³/mol. The molecule has 1 N–H and O–H groups in total. The first-order chi connectivity index (χ1) is 7.16. The van der Waals surface area contributed by atoms with E-state index in [0.29, 0.717) is 0 Å². The summed E-state index contributed by atoms with van der Waals surface area (Å²) < 4.78 is 62.0. The maximum absolute atomic E-state index is 13.0. The molecule has 88 valence electrons. The van der Waals surface area contributed by atoms with E-state index >= 15 is 0 Å². The van der Waals surface area contributed by atoms with Crippen LogP contribution in [-0.4, -0.2) is 11.1 Å². The van der Waals surface area contributed by atoms with Gasteiger partial charge in [-0.2, -0.15) is 13.2 Å². The number of carbonyl (C=O) groups is 1. The Bertz CT molecular complexity index is 455. The second kappa shape index (κ2) is 4.15. The van der Waals surface area contributed by atoms with E-state index < -0.39 is 38.5 Å². The zero-order chi connectivity index (χ0) is 12.7. The second-order valence-corrected chi connectivity index (χ2v) is 3.87. The lowest BCUT2D eigenvalue weighted by molar-refractivity contribution is -0.140. The van der Waals surface area contributed by atoms with Crippen LogP contribution in [0.25, 0.3) is 0 Å². The highest BCUT2D eigenvalue weighted by atomic mass is 127. The number of hydrogen-bond acceptors (Lipinski definition) is 1. The number of rotatable bonds is 1. The Morgan fingerprint density at radius 1 is 1.25 bits per heavy atom. The van der Waals surface area contributed by atoms with Crippen molar-refractivity contribution in [1.82, 2.24) is 0 Å². The topological polar surface area (TPSA) is 37.3 Å². The summed E-state index contributed by atoms with van der Waals surface area (Å²) in [4.78, 5) is 10.5. The Morgan fingerprint density at radius 2 is 1.75 bits per heavy atom. The lowest BCUT2D eigenvalue weighted by atomic mass is 10.1. The van der Waals surface area contributed by atoms with Gasteiger partial charge in [-0.15, -0.1) is 0 Å². The Labute approximate surface area is 99.2 Å². The van der Waals surface area contributed by atoms with Crippen molar-refractivity contribution in [3.05, 3.63) is 32.4 Å². The Balaban J connectivity index is 3.58. The third kappa shape index (κ3) is 2.25. The molecule has 0 radical (unpaired) electrons. The van der Waals surface area contributed by atoms with Gasteiger partial charge in [0, 0.05) is 3.57 Å². The lowest BCUT2D eigenvalue weighted by Gasteiger charge is -2.11. The fourth-order valence-corrected chi connectivity index (χ4v) is 1.78. The molecular formula is C8H2F5IO2. The molecule has 1 rings (SSSR count). The second-order valence-electron chi connectivity index (χ2n) is 2.71. The SMILES string of the molecule is O=C(O)c1c(I)cc(C(F)(F)F)c(F)c1F. The van der Waals surface area contributed by atoms with Crippen LogP contribution >= 0.6 is 22.6 Å². The van der Waals surface area contributed by atoms with Crippen LogP contribution in [0.1, 0.15) is 15.9 Å². The molecule has 0 saturated carbocycles. The summed E-state index contributed by atoms with van der Waals surface area (Å²) in [5.41, 5.74) is -2.93. The van der Waals surface area contributed by atoms with Crippen LogP contribution in [0.2, 0.25) is 0 Å². The molecule has 0 fully saturated rings. The van der Waals surface area contributed by atoms with Crippen molar-refractivity contribution in [2.75, 3.05) is 0 Å². The minimum Gasteiger partial charge on any atom is -0.478 e. The summed E-state index contributed by atoms with van der Waals surface area (Å²) in [5, 5.41) is 8.47. The van der Waals surface area contributed by atoms with Gasteiger partial charge in [0.05, 0.1) is 5.56 Å². The normalized spacial score (nSPS) is 11.6. The van der Waals surface area contributed by atoms with Gasteiger partial charge in [0.1, 0.15) is 5.56 Å². The molecule has 0 bridgehead atoms. The highest BCUT2D eigenvalue weighted by Crippen LogP contribution is 2.35. The van der Waals surface area contributed by atoms with E-state index in [0.717, 1.165) is 0 Å². The standard InChI is InChI=1S/C8H2F5IO2/c9-5-2(8(11,12)13)1-3(14)4(6(5)10)7(15)16/h1H,(H,15,16). The first-order valence-corrected chi connectivity index (χ1v) is 4.72. The first kappa shape index (κ1) is 13.1. The number of aromatic carboxylic acids is 1. The first-order valence-electron chi connectivity index (χ1n) is 3.64. The van der Waals surface area contributed by atoms with Crippen LogP contribution in [0, 0.1) is 15.2 Å². The van der Waals surface area contributed by atoms with E-state index in [4.69, 9.17) is 5.11 Å². The minimum absolute atomic E-state index is 0.252. The third-order valence-corrected chi connectivity index (χ3v) is 2.53. The van der Waals surface area contributed by atoms with Gasteiger partial charge >= 0.3 is 12.1 Å². The molecule has 0 unspecified atom stereocenters. The molecule has 0 heterocycles. The highest BCUT2D eigenvalue weighted by molar-refractivity contribution is 14.1. The molecule has 0 saturated heterocycles. The van der Waals surface area contributed by atoms with E-state index in [1.807, 2.05) is 0 Å². The fraction of sp³-hybridized carbons (Fsp3) is 0.125. The van der Waals surface area contributed by atoms with Gasteiger partial charge in [-0.3, -0.25) is 0 Å². The molecule has 1 aromatic rings. The summed E-state index contributed by atoms with van der Waals surface area (Å²) in [6.45, 7) is 0. The average Bonchev–Trinajstić information content (AvgIpc) is 2.09. The number of carboxylic acid groups (broad SMARTS) is 1. The Morgan fingerprint density at radius 3 is 2.12 bits per heavy atom. The van der Waals surface area contributed by atoms with Gasteiger partial charge < -0.3 is 5.11 Å². The van der Waals surface area contributed by atoms with Crippen LogP contribution < -0.4 is 0 Å².